The molecule has 0 heterocycles. The monoisotopic (exact) mass is 744 g/mol. The van der Waals surface area contributed by atoms with Gasteiger partial charge in [-0.2, -0.15) is 0 Å². The summed E-state index contributed by atoms with van der Waals surface area (Å²) in [6.45, 7) is 4.51. The third kappa shape index (κ3) is 33.4. The Morgan fingerprint density at radius 1 is 0.386 bits per heavy atom. The van der Waals surface area contributed by atoms with Crippen LogP contribution in [-0.2, 0) is 28.7 Å². The lowest BCUT2D eigenvalue weighted by atomic mass is 10.1. The van der Waals surface area contributed by atoms with E-state index in [1.807, 2.05) is 0 Å². The Morgan fingerprint density at radius 2 is 0.614 bits per heavy atom. The fourth-order valence-corrected chi connectivity index (χ4v) is 4.53. The van der Waals surface area contributed by atoms with Gasteiger partial charge in [0.15, 0.2) is 0 Å². The van der Waals surface area contributed by atoms with Crippen molar-refractivity contribution in [1.29, 1.82) is 0 Å². The highest BCUT2D eigenvalue weighted by molar-refractivity contribution is 6.77. The number of halogens is 6. The molecule has 0 aromatic heterocycles. The standard InChI is InChI=1S/C28H54O3.C4Cl6O3/c1-3-5-7-9-11-13-15-17-19-21-23-25-27(29)31-28(30)26-24-22-20-18-16-14-12-10-8-6-4-2;5-3(6,7)1(11)13-2(12)4(8,9)10/h3-26H2,1-2H3;. The molecule has 0 saturated carbocycles. The topological polar surface area (TPSA) is 86.7 Å². The van der Waals surface area contributed by atoms with Crippen LogP contribution in [0.4, 0.5) is 0 Å². The number of hydrogen-bond acceptors (Lipinski definition) is 6. The molecule has 0 fully saturated rings. The van der Waals surface area contributed by atoms with E-state index in [9.17, 15) is 19.2 Å². The maximum atomic E-state index is 11.8. The number of esters is 4. The van der Waals surface area contributed by atoms with Crippen molar-refractivity contribution < 1.29 is 28.7 Å². The van der Waals surface area contributed by atoms with E-state index in [4.69, 9.17) is 74.3 Å². The highest BCUT2D eigenvalue weighted by Crippen LogP contribution is 2.31. The van der Waals surface area contributed by atoms with Gasteiger partial charge < -0.3 is 9.47 Å². The Balaban J connectivity index is 0. The summed E-state index contributed by atoms with van der Waals surface area (Å²) in [4.78, 5) is 45.0. The lowest BCUT2D eigenvalue weighted by molar-refractivity contribution is -0.161. The van der Waals surface area contributed by atoms with Crippen molar-refractivity contribution in [3.8, 4) is 0 Å². The quantitative estimate of drug-likeness (QED) is 0.0423. The predicted molar refractivity (Wildman–Crippen MR) is 185 cm³/mol. The summed E-state index contributed by atoms with van der Waals surface area (Å²) in [5.74, 6) is -3.53. The van der Waals surface area contributed by atoms with Gasteiger partial charge in [-0.05, 0) is 12.8 Å². The molecule has 0 atom stereocenters. The van der Waals surface area contributed by atoms with Crippen molar-refractivity contribution >= 4 is 93.5 Å². The van der Waals surface area contributed by atoms with E-state index in [1.54, 1.807) is 0 Å². The normalized spacial score (nSPS) is 11.5. The number of ether oxygens (including phenoxy) is 2. The molecule has 0 radical (unpaired) electrons. The minimum absolute atomic E-state index is 0.330. The van der Waals surface area contributed by atoms with Gasteiger partial charge in [0.05, 0.1) is 0 Å². The molecular weight excluding hydrogens is 693 g/mol. The second-order valence-corrected chi connectivity index (χ2v) is 15.7. The summed E-state index contributed by atoms with van der Waals surface area (Å²) in [6.07, 6.45) is 28.5. The minimum atomic E-state index is -2.38. The average molecular weight is 747 g/mol. The van der Waals surface area contributed by atoms with Crippen molar-refractivity contribution in [2.75, 3.05) is 0 Å². The maximum Gasteiger partial charge on any atom is 0.366 e. The number of carbonyl (C=O) groups excluding carboxylic acids is 4. The lowest BCUT2D eigenvalue weighted by Gasteiger charge is -2.12. The second kappa shape index (κ2) is 30.4. The molecule has 260 valence electrons. The van der Waals surface area contributed by atoms with Crippen LogP contribution >= 0.6 is 69.6 Å². The van der Waals surface area contributed by atoms with Crippen molar-refractivity contribution in [3.05, 3.63) is 0 Å². The van der Waals surface area contributed by atoms with E-state index in [0.717, 1.165) is 25.7 Å². The molecule has 0 bridgehead atoms. The van der Waals surface area contributed by atoms with Gasteiger partial charge >= 0.3 is 23.9 Å². The van der Waals surface area contributed by atoms with Crippen molar-refractivity contribution in [1.82, 2.24) is 0 Å². The van der Waals surface area contributed by atoms with E-state index in [-0.39, 0.29) is 11.9 Å². The Labute approximate surface area is 296 Å². The third-order valence-corrected chi connectivity index (χ3v) is 7.77. The molecule has 0 aromatic rings. The largest absolute Gasteiger partial charge is 0.393 e. The van der Waals surface area contributed by atoms with E-state index >= 15 is 0 Å². The maximum absolute atomic E-state index is 11.8. The summed E-state index contributed by atoms with van der Waals surface area (Å²) >= 11 is 30.3. The van der Waals surface area contributed by atoms with Crippen LogP contribution in [0.25, 0.3) is 0 Å². The van der Waals surface area contributed by atoms with E-state index in [1.165, 1.54) is 116 Å². The van der Waals surface area contributed by atoms with Crippen LogP contribution in [0, 0.1) is 0 Å². The van der Waals surface area contributed by atoms with Crippen LogP contribution in [0.1, 0.15) is 168 Å². The van der Waals surface area contributed by atoms with Crippen molar-refractivity contribution in [3.63, 3.8) is 0 Å². The van der Waals surface area contributed by atoms with E-state index < -0.39 is 19.5 Å². The molecule has 0 N–H and O–H groups in total. The summed E-state index contributed by atoms with van der Waals surface area (Å²) in [7, 11) is 0. The molecule has 44 heavy (non-hydrogen) atoms. The molecule has 6 nitrogen and oxygen atoms in total. The molecule has 0 unspecified atom stereocenters. The van der Waals surface area contributed by atoms with Crippen LogP contribution in [-0.4, -0.2) is 31.5 Å². The molecule has 0 rings (SSSR count). The van der Waals surface area contributed by atoms with Gasteiger partial charge in [-0.25, -0.2) is 9.59 Å². The van der Waals surface area contributed by atoms with Crippen molar-refractivity contribution in [2.45, 2.75) is 176 Å². The summed E-state index contributed by atoms with van der Waals surface area (Å²) in [5, 5.41) is 0. The highest BCUT2D eigenvalue weighted by Gasteiger charge is 2.40. The number of carbonyl (C=O) groups is 4. The van der Waals surface area contributed by atoms with Gasteiger partial charge in [-0.15, -0.1) is 0 Å². The average Bonchev–Trinajstić information content (AvgIpc) is 2.94. The highest BCUT2D eigenvalue weighted by atomic mass is 35.6. The van der Waals surface area contributed by atoms with Gasteiger partial charge in [0.1, 0.15) is 0 Å². The molecular formula is C32H54Cl6O6. The summed E-state index contributed by atoms with van der Waals surface area (Å²) < 4.78 is 4.10. The van der Waals surface area contributed by atoms with E-state index in [0.29, 0.717) is 12.8 Å². The molecule has 0 aliphatic heterocycles. The zero-order chi connectivity index (χ0) is 33.7. The molecule has 0 saturated heterocycles. The van der Waals surface area contributed by atoms with Crippen LogP contribution in [0.2, 0.25) is 0 Å². The molecule has 0 aliphatic carbocycles. The predicted octanol–water partition coefficient (Wildman–Crippen LogP) is 12.3. The Bertz CT molecular complexity index is 692. The minimum Gasteiger partial charge on any atom is -0.393 e. The first kappa shape index (κ1) is 46.1. The van der Waals surface area contributed by atoms with Crippen molar-refractivity contribution in [2.24, 2.45) is 0 Å². The smallest absolute Gasteiger partial charge is 0.366 e. The zero-order valence-electron chi connectivity index (χ0n) is 26.7. The van der Waals surface area contributed by atoms with Crippen LogP contribution in [0.3, 0.4) is 0 Å². The van der Waals surface area contributed by atoms with Gasteiger partial charge in [0.2, 0.25) is 0 Å². The Kier molecular flexibility index (Phi) is 31.8. The summed E-state index contributed by atoms with van der Waals surface area (Å²) in [5.41, 5.74) is 0. The van der Waals surface area contributed by atoms with Crippen LogP contribution in [0.5, 0.6) is 0 Å². The Hall–Kier alpha value is 0.0200. The SMILES string of the molecule is CCCCCCCCCCCCCC(=O)OC(=O)CCCCCCCCCCCCC.O=C(OC(=O)C(Cl)(Cl)Cl)C(Cl)(Cl)Cl. The molecule has 0 amide bonds. The first-order valence-electron chi connectivity index (χ1n) is 16.4. The molecule has 0 aromatic carbocycles. The lowest BCUT2D eigenvalue weighted by Crippen LogP contribution is -2.31. The van der Waals surface area contributed by atoms with E-state index in [2.05, 4.69) is 18.6 Å². The first-order valence-corrected chi connectivity index (χ1v) is 18.7. The molecule has 0 spiro atoms. The second-order valence-electron chi connectivity index (χ2n) is 11.1. The number of hydrogen-bond donors (Lipinski definition) is 0. The number of alkyl halides is 6. The van der Waals surface area contributed by atoms with Gasteiger partial charge in [-0.3, -0.25) is 9.59 Å². The van der Waals surface area contributed by atoms with Gasteiger partial charge in [-0.1, -0.05) is 212 Å². The fraction of sp³-hybridized carbons (Fsp3) is 0.875. The first-order chi connectivity index (χ1) is 20.8. The number of rotatable bonds is 24. The van der Waals surface area contributed by atoms with Gasteiger partial charge in [0, 0.05) is 12.8 Å². The van der Waals surface area contributed by atoms with Crippen LogP contribution < -0.4 is 0 Å². The molecule has 12 heteroatoms. The number of unbranched alkanes of at least 4 members (excludes halogenated alkanes) is 20. The Morgan fingerprint density at radius 3 is 0.841 bits per heavy atom. The third-order valence-electron chi connectivity index (χ3n) is 6.84. The van der Waals surface area contributed by atoms with Crippen LogP contribution in [0.15, 0.2) is 0 Å². The van der Waals surface area contributed by atoms with Gasteiger partial charge in [0.25, 0.3) is 7.59 Å². The zero-order valence-corrected chi connectivity index (χ0v) is 31.2. The fourth-order valence-electron chi connectivity index (χ4n) is 4.30. The summed E-state index contributed by atoms with van der Waals surface area (Å²) in [6, 6.07) is 0. The molecule has 0 aliphatic rings.